The molecule has 6 heteroatoms. The highest BCUT2D eigenvalue weighted by Gasteiger charge is 2.13. The molecular weight excluding hydrogens is 316 g/mol. The minimum atomic E-state index is -0.380. The fourth-order valence-corrected chi connectivity index (χ4v) is 2.79. The van der Waals surface area contributed by atoms with E-state index in [0.29, 0.717) is 12.2 Å². The molecule has 0 aliphatic carbocycles. The Kier molecular flexibility index (Phi) is 3.98. The lowest BCUT2D eigenvalue weighted by atomic mass is 10.2. The summed E-state index contributed by atoms with van der Waals surface area (Å²) >= 11 is 4.95. The summed E-state index contributed by atoms with van der Waals surface area (Å²) in [6.07, 6.45) is 0. The van der Waals surface area contributed by atoms with Crippen molar-refractivity contribution in [3.05, 3.63) is 54.7 Å². The molecule has 1 aromatic heterocycles. The Labute approximate surface area is 117 Å². The third kappa shape index (κ3) is 2.88. The molecule has 4 nitrogen and oxygen atoms in total. The molecule has 2 rings (SSSR count). The van der Waals surface area contributed by atoms with Gasteiger partial charge >= 0.3 is 0 Å². The second-order valence-corrected chi connectivity index (χ2v) is 5.51. The fourth-order valence-electron chi connectivity index (χ4n) is 1.57. The summed E-state index contributed by atoms with van der Waals surface area (Å²) in [6.45, 7) is 2.62. The summed E-state index contributed by atoms with van der Waals surface area (Å²) in [6, 6.07) is 4.88. The topological polar surface area (TPSA) is 55.2 Å². The number of rotatable bonds is 4. The summed E-state index contributed by atoms with van der Waals surface area (Å²) in [5, 5.41) is 18.1. The van der Waals surface area contributed by atoms with Crippen molar-refractivity contribution in [3.8, 4) is 0 Å². The third-order valence-electron chi connectivity index (χ3n) is 2.59. The summed E-state index contributed by atoms with van der Waals surface area (Å²) in [5.74, 6) is 0. The van der Waals surface area contributed by atoms with Crippen molar-refractivity contribution in [2.75, 3.05) is 5.32 Å². The van der Waals surface area contributed by atoms with Gasteiger partial charge < -0.3 is 5.32 Å². The predicted molar refractivity (Wildman–Crippen MR) is 77.2 cm³/mol. The van der Waals surface area contributed by atoms with Gasteiger partial charge in [-0.1, -0.05) is 15.9 Å². The van der Waals surface area contributed by atoms with E-state index in [1.54, 1.807) is 23.5 Å². The first-order valence-electron chi connectivity index (χ1n) is 5.27. The van der Waals surface area contributed by atoms with E-state index in [1.165, 1.54) is 11.6 Å². The van der Waals surface area contributed by atoms with E-state index in [0.717, 1.165) is 10.0 Å². The summed E-state index contributed by atoms with van der Waals surface area (Å²) in [7, 11) is 0. The Morgan fingerprint density at radius 1 is 1.44 bits per heavy atom. The van der Waals surface area contributed by atoms with Gasteiger partial charge in [0, 0.05) is 17.1 Å². The number of nitro benzene ring substituents is 1. The van der Waals surface area contributed by atoms with Crippen molar-refractivity contribution >= 4 is 38.6 Å². The Balaban J connectivity index is 2.20. The fraction of sp³-hybridized carbons (Fsp3) is 0.167. The van der Waals surface area contributed by atoms with Crippen LogP contribution in [0, 0.1) is 17.0 Å². The van der Waals surface area contributed by atoms with Crippen molar-refractivity contribution in [2.45, 2.75) is 13.5 Å². The molecule has 0 unspecified atom stereocenters. The number of nitrogens with zero attached hydrogens (tertiary/aromatic N) is 1. The maximum Gasteiger partial charge on any atom is 0.292 e. The maximum atomic E-state index is 10.9. The molecule has 0 saturated carbocycles. The van der Waals surface area contributed by atoms with Gasteiger partial charge in [0.25, 0.3) is 5.69 Å². The van der Waals surface area contributed by atoms with Crippen molar-refractivity contribution in [2.24, 2.45) is 0 Å². The highest BCUT2D eigenvalue weighted by molar-refractivity contribution is 9.10. The zero-order valence-corrected chi connectivity index (χ0v) is 12.0. The van der Waals surface area contributed by atoms with Crippen LogP contribution in [0.4, 0.5) is 11.4 Å². The predicted octanol–water partition coefficient (Wildman–Crippen LogP) is 4.34. The molecule has 0 aliphatic heterocycles. The Morgan fingerprint density at radius 3 is 2.83 bits per heavy atom. The molecule has 0 saturated heterocycles. The van der Waals surface area contributed by atoms with Crippen LogP contribution in [0.5, 0.6) is 0 Å². The number of anilines is 1. The lowest BCUT2D eigenvalue weighted by molar-refractivity contribution is -0.384. The zero-order chi connectivity index (χ0) is 13.1. The van der Waals surface area contributed by atoms with Gasteiger partial charge in [0.2, 0.25) is 0 Å². The molecule has 0 radical (unpaired) electrons. The van der Waals surface area contributed by atoms with Crippen molar-refractivity contribution < 1.29 is 4.92 Å². The highest BCUT2D eigenvalue weighted by Crippen LogP contribution is 2.28. The van der Waals surface area contributed by atoms with Crippen molar-refractivity contribution in [1.82, 2.24) is 0 Å². The normalized spacial score (nSPS) is 10.3. The molecule has 0 amide bonds. The van der Waals surface area contributed by atoms with Gasteiger partial charge in [0.15, 0.2) is 0 Å². The number of hydrogen-bond acceptors (Lipinski definition) is 4. The van der Waals surface area contributed by atoms with Crippen LogP contribution < -0.4 is 5.32 Å². The quantitative estimate of drug-likeness (QED) is 0.671. The van der Waals surface area contributed by atoms with Gasteiger partial charge in [-0.25, -0.2) is 0 Å². The van der Waals surface area contributed by atoms with Crippen LogP contribution in [0.25, 0.3) is 0 Å². The molecule has 0 fully saturated rings. The lowest BCUT2D eigenvalue weighted by Crippen LogP contribution is -2.02. The summed E-state index contributed by atoms with van der Waals surface area (Å²) in [4.78, 5) is 10.5. The Hall–Kier alpha value is -1.40. The second-order valence-electron chi connectivity index (χ2n) is 3.85. The average molecular weight is 327 g/mol. The van der Waals surface area contributed by atoms with Crippen LogP contribution in [0.2, 0.25) is 0 Å². The van der Waals surface area contributed by atoms with Gasteiger partial charge in [-0.05, 0) is 40.9 Å². The van der Waals surface area contributed by atoms with Gasteiger partial charge in [-0.15, -0.1) is 0 Å². The van der Waals surface area contributed by atoms with E-state index in [1.807, 2.05) is 12.3 Å². The van der Waals surface area contributed by atoms with Crippen LogP contribution in [0.15, 0.2) is 33.4 Å². The summed E-state index contributed by atoms with van der Waals surface area (Å²) in [5.41, 5.74) is 2.98. The molecule has 2 aromatic rings. The van der Waals surface area contributed by atoms with Gasteiger partial charge in [0.05, 0.1) is 4.92 Å². The minimum absolute atomic E-state index is 0.0890. The smallest absolute Gasteiger partial charge is 0.292 e. The van der Waals surface area contributed by atoms with Crippen LogP contribution in [-0.2, 0) is 6.54 Å². The molecule has 18 heavy (non-hydrogen) atoms. The van der Waals surface area contributed by atoms with Crippen LogP contribution in [-0.4, -0.2) is 4.92 Å². The molecule has 1 aromatic carbocycles. The molecule has 0 atom stereocenters. The van der Waals surface area contributed by atoms with E-state index in [2.05, 4.69) is 26.6 Å². The third-order valence-corrected chi connectivity index (χ3v) is 3.99. The molecule has 0 spiro atoms. The first kappa shape index (κ1) is 13.0. The number of halogens is 1. The largest absolute Gasteiger partial charge is 0.375 e. The summed E-state index contributed by atoms with van der Waals surface area (Å²) < 4.78 is 0.817. The van der Waals surface area contributed by atoms with Crippen molar-refractivity contribution in [1.29, 1.82) is 0 Å². The molecule has 1 heterocycles. The van der Waals surface area contributed by atoms with Gasteiger partial charge in [-0.2, -0.15) is 11.3 Å². The number of nitrogens with one attached hydrogen (secondary N) is 1. The highest BCUT2D eigenvalue weighted by atomic mass is 79.9. The number of benzene rings is 1. The number of hydrogen-bond donors (Lipinski definition) is 1. The van der Waals surface area contributed by atoms with E-state index < -0.39 is 0 Å². The monoisotopic (exact) mass is 326 g/mol. The van der Waals surface area contributed by atoms with Crippen molar-refractivity contribution in [3.63, 3.8) is 0 Å². The molecule has 0 aliphatic rings. The Morgan fingerprint density at radius 2 is 2.22 bits per heavy atom. The maximum absolute atomic E-state index is 10.9. The van der Waals surface area contributed by atoms with E-state index in [-0.39, 0.29) is 10.6 Å². The number of aryl methyl sites for hydroxylation is 1. The van der Waals surface area contributed by atoms with Crippen LogP contribution >= 0.6 is 27.3 Å². The first-order valence-corrected chi connectivity index (χ1v) is 7.01. The standard InChI is InChI=1S/C12H11BrN2O2S/c1-8-6-18-7-9(8)5-14-11-4-10(13)2-3-12(11)15(16)17/h2-4,6-7,14H,5H2,1H3. The molecular formula is C12H11BrN2O2S. The molecule has 94 valence electrons. The van der Waals surface area contributed by atoms with Gasteiger partial charge in [0.1, 0.15) is 5.69 Å². The Bertz CT molecular complexity index is 583. The van der Waals surface area contributed by atoms with Crippen LogP contribution in [0.1, 0.15) is 11.1 Å². The SMILES string of the molecule is Cc1cscc1CNc1cc(Br)ccc1[N+](=O)[O-]. The lowest BCUT2D eigenvalue weighted by Gasteiger charge is -2.07. The second kappa shape index (κ2) is 5.49. The van der Waals surface area contributed by atoms with Gasteiger partial charge in [-0.3, -0.25) is 10.1 Å². The minimum Gasteiger partial charge on any atom is -0.375 e. The van der Waals surface area contributed by atoms with Crippen LogP contribution in [0.3, 0.4) is 0 Å². The average Bonchev–Trinajstić information content (AvgIpc) is 2.72. The molecule has 1 N–H and O–H groups in total. The number of nitro groups is 1. The van der Waals surface area contributed by atoms with E-state index >= 15 is 0 Å². The number of thiophene rings is 1. The molecule has 0 bridgehead atoms. The van der Waals surface area contributed by atoms with E-state index in [9.17, 15) is 10.1 Å². The van der Waals surface area contributed by atoms with E-state index in [4.69, 9.17) is 0 Å². The first-order chi connectivity index (χ1) is 8.58. The zero-order valence-electron chi connectivity index (χ0n) is 9.64.